The van der Waals surface area contributed by atoms with E-state index in [0.29, 0.717) is 13.1 Å². The second-order valence-electron chi connectivity index (χ2n) is 4.26. The summed E-state index contributed by atoms with van der Waals surface area (Å²) in [6.45, 7) is 2.67. The van der Waals surface area contributed by atoms with Crippen LogP contribution in [0.15, 0.2) is 24.3 Å². The third kappa shape index (κ3) is 5.45. The van der Waals surface area contributed by atoms with Gasteiger partial charge in [-0.05, 0) is 24.7 Å². The zero-order valence-corrected chi connectivity index (χ0v) is 10.6. The first-order valence-corrected chi connectivity index (χ1v) is 5.74. The van der Waals surface area contributed by atoms with E-state index in [2.05, 4.69) is 5.32 Å². The van der Waals surface area contributed by atoms with E-state index < -0.39 is 5.97 Å². The molecule has 0 atom stereocenters. The van der Waals surface area contributed by atoms with E-state index in [9.17, 15) is 9.59 Å². The molecular formula is C13H18N2O3. The number of anilines is 1. The molecule has 0 bridgehead atoms. The van der Waals surface area contributed by atoms with E-state index in [1.165, 1.54) is 6.92 Å². The molecule has 0 saturated carbocycles. The van der Waals surface area contributed by atoms with E-state index in [0.717, 1.165) is 11.3 Å². The lowest BCUT2D eigenvalue weighted by Crippen LogP contribution is -2.21. The fourth-order valence-corrected chi connectivity index (χ4v) is 1.57. The van der Waals surface area contributed by atoms with Crippen molar-refractivity contribution >= 4 is 17.6 Å². The molecule has 18 heavy (non-hydrogen) atoms. The molecule has 1 rings (SSSR count). The Morgan fingerprint density at radius 2 is 1.89 bits per heavy atom. The number of hydrogen-bond donors (Lipinski definition) is 2. The molecule has 1 aromatic rings. The molecular weight excluding hydrogens is 232 g/mol. The van der Waals surface area contributed by atoms with Crippen molar-refractivity contribution in [3.05, 3.63) is 29.8 Å². The second kappa shape index (κ2) is 6.76. The van der Waals surface area contributed by atoms with Crippen LogP contribution in [-0.4, -0.2) is 35.5 Å². The van der Waals surface area contributed by atoms with Crippen molar-refractivity contribution in [3.8, 4) is 0 Å². The van der Waals surface area contributed by atoms with Gasteiger partial charge in [0.15, 0.2) is 0 Å². The number of hydrogen-bond acceptors (Lipinski definition) is 3. The first kappa shape index (κ1) is 14.2. The van der Waals surface area contributed by atoms with Crippen molar-refractivity contribution in [3.63, 3.8) is 0 Å². The largest absolute Gasteiger partial charge is 0.481 e. The number of carbonyl (C=O) groups excluding carboxylic acids is 1. The van der Waals surface area contributed by atoms with Crippen molar-refractivity contribution in [2.45, 2.75) is 19.9 Å². The highest BCUT2D eigenvalue weighted by molar-refractivity contribution is 5.88. The van der Waals surface area contributed by atoms with Crippen LogP contribution >= 0.6 is 0 Å². The molecule has 0 aliphatic carbocycles. The number of benzene rings is 1. The smallest absolute Gasteiger partial charge is 0.304 e. The minimum Gasteiger partial charge on any atom is -0.481 e. The Kier molecular flexibility index (Phi) is 5.32. The molecule has 5 nitrogen and oxygen atoms in total. The molecule has 0 aromatic heterocycles. The molecule has 2 N–H and O–H groups in total. The molecule has 5 heteroatoms. The van der Waals surface area contributed by atoms with Crippen LogP contribution in [0, 0.1) is 0 Å². The molecule has 1 amide bonds. The van der Waals surface area contributed by atoms with Crippen LogP contribution in [0.5, 0.6) is 0 Å². The second-order valence-corrected chi connectivity index (χ2v) is 4.26. The van der Waals surface area contributed by atoms with Gasteiger partial charge in [0, 0.05) is 25.7 Å². The molecule has 0 radical (unpaired) electrons. The van der Waals surface area contributed by atoms with Gasteiger partial charge in [0.05, 0.1) is 6.42 Å². The van der Waals surface area contributed by atoms with Gasteiger partial charge < -0.3 is 15.3 Å². The Bertz CT molecular complexity index is 415. The summed E-state index contributed by atoms with van der Waals surface area (Å²) in [6.07, 6.45) is 0.139. The van der Waals surface area contributed by atoms with Crippen LogP contribution in [0.3, 0.4) is 0 Å². The number of carboxylic acid groups (broad SMARTS) is 1. The van der Waals surface area contributed by atoms with Crippen LogP contribution in [-0.2, 0) is 16.1 Å². The first-order valence-electron chi connectivity index (χ1n) is 5.74. The molecule has 0 unspecified atom stereocenters. The molecule has 0 fully saturated rings. The molecule has 98 valence electrons. The monoisotopic (exact) mass is 250 g/mol. The van der Waals surface area contributed by atoms with Crippen molar-refractivity contribution in [1.82, 2.24) is 4.90 Å². The van der Waals surface area contributed by atoms with Gasteiger partial charge >= 0.3 is 5.97 Å². The Morgan fingerprint density at radius 3 is 2.39 bits per heavy atom. The predicted octanol–water partition coefficient (Wildman–Crippen LogP) is 1.55. The zero-order chi connectivity index (χ0) is 13.5. The van der Waals surface area contributed by atoms with Crippen LogP contribution in [0.2, 0.25) is 0 Å². The third-order valence-corrected chi connectivity index (χ3v) is 2.43. The summed E-state index contributed by atoms with van der Waals surface area (Å²) in [5.74, 6) is -0.885. The van der Waals surface area contributed by atoms with E-state index in [1.54, 1.807) is 0 Å². The fourth-order valence-electron chi connectivity index (χ4n) is 1.57. The first-order chi connectivity index (χ1) is 8.47. The standard InChI is InChI=1S/C13H18N2O3/c1-10(16)14-12-5-3-11(4-6-12)9-15(2)8-7-13(17)18/h3-6H,7-9H2,1-2H3,(H,14,16)(H,17,18). The fraction of sp³-hybridized carbons (Fsp3) is 0.385. The van der Waals surface area contributed by atoms with Gasteiger partial charge in [-0.1, -0.05) is 12.1 Å². The van der Waals surface area contributed by atoms with Gasteiger partial charge in [0.1, 0.15) is 0 Å². The Hall–Kier alpha value is -1.88. The van der Waals surface area contributed by atoms with E-state index in [-0.39, 0.29) is 12.3 Å². The van der Waals surface area contributed by atoms with E-state index >= 15 is 0 Å². The number of carbonyl (C=O) groups is 2. The van der Waals surface area contributed by atoms with Gasteiger partial charge in [0.25, 0.3) is 0 Å². The summed E-state index contributed by atoms with van der Waals surface area (Å²) in [5.41, 5.74) is 1.84. The summed E-state index contributed by atoms with van der Waals surface area (Å²) in [7, 11) is 1.88. The number of aliphatic carboxylic acids is 1. The number of carboxylic acids is 1. The van der Waals surface area contributed by atoms with Gasteiger partial charge in [-0.15, -0.1) is 0 Å². The minimum absolute atomic E-state index is 0.0960. The highest BCUT2D eigenvalue weighted by atomic mass is 16.4. The highest BCUT2D eigenvalue weighted by Gasteiger charge is 2.03. The topological polar surface area (TPSA) is 69.6 Å². The number of amides is 1. The lowest BCUT2D eigenvalue weighted by atomic mass is 10.2. The molecule has 1 aromatic carbocycles. The lowest BCUT2D eigenvalue weighted by molar-refractivity contribution is -0.137. The molecule has 0 spiro atoms. The molecule has 0 heterocycles. The minimum atomic E-state index is -0.789. The maximum absolute atomic E-state index is 10.8. The SMILES string of the molecule is CC(=O)Nc1ccc(CN(C)CCC(=O)O)cc1. The summed E-state index contributed by atoms with van der Waals surface area (Å²) in [4.78, 5) is 23.2. The van der Waals surface area contributed by atoms with E-state index in [1.807, 2.05) is 36.2 Å². The van der Waals surface area contributed by atoms with Gasteiger partial charge in [-0.2, -0.15) is 0 Å². The Labute approximate surface area is 106 Å². The van der Waals surface area contributed by atoms with Gasteiger partial charge in [0.2, 0.25) is 5.91 Å². The number of rotatable bonds is 6. The van der Waals surface area contributed by atoms with Crippen molar-refractivity contribution in [2.75, 3.05) is 18.9 Å². The molecule has 0 aliphatic rings. The zero-order valence-electron chi connectivity index (χ0n) is 10.6. The van der Waals surface area contributed by atoms with Crippen molar-refractivity contribution < 1.29 is 14.7 Å². The van der Waals surface area contributed by atoms with Gasteiger partial charge in [-0.3, -0.25) is 9.59 Å². The summed E-state index contributed by atoms with van der Waals surface area (Å²) in [6, 6.07) is 7.51. The quantitative estimate of drug-likeness (QED) is 0.803. The number of nitrogens with zero attached hydrogens (tertiary/aromatic N) is 1. The summed E-state index contributed by atoms with van der Waals surface area (Å²) >= 11 is 0. The predicted molar refractivity (Wildman–Crippen MR) is 69.3 cm³/mol. The maximum atomic E-state index is 10.8. The van der Waals surface area contributed by atoms with Crippen LogP contribution < -0.4 is 5.32 Å². The van der Waals surface area contributed by atoms with Gasteiger partial charge in [-0.25, -0.2) is 0 Å². The Morgan fingerprint density at radius 1 is 1.28 bits per heavy atom. The van der Waals surface area contributed by atoms with Crippen LogP contribution in [0.4, 0.5) is 5.69 Å². The average molecular weight is 250 g/mol. The normalized spacial score (nSPS) is 10.4. The molecule has 0 saturated heterocycles. The third-order valence-electron chi connectivity index (χ3n) is 2.43. The van der Waals surface area contributed by atoms with Crippen molar-refractivity contribution in [1.29, 1.82) is 0 Å². The van der Waals surface area contributed by atoms with Crippen LogP contribution in [0.1, 0.15) is 18.9 Å². The van der Waals surface area contributed by atoms with Crippen LogP contribution in [0.25, 0.3) is 0 Å². The summed E-state index contributed by atoms with van der Waals surface area (Å²) in [5, 5.41) is 11.3. The summed E-state index contributed by atoms with van der Waals surface area (Å²) < 4.78 is 0. The maximum Gasteiger partial charge on any atom is 0.304 e. The lowest BCUT2D eigenvalue weighted by Gasteiger charge is -2.15. The van der Waals surface area contributed by atoms with E-state index in [4.69, 9.17) is 5.11 Å². The molecule has 0 aliphatic heterocycles. The Balaban J connectivity index is 2.47. The number of nitrogens with one attached hydrogen (secondary N) is 1. The van der Waals surface area contributed by atoms with Crippen molar-refractivity contribution in [2.24, 2.45) is 0 Å². The average Bonchev–Trinajstić information content (AvgIpc) is 2.28. The highest BCUT2D eigenvalue weighted by Crippen LogP contribution is 2.11.